The summed E-state index contributed by atoms with van der Waals surface area (Å²) in [5, 5.41) is 3.88. The first-order valence-electron chi connectivity index (χ1n) is 8.14. The van der Waals surface area contributed by atoms with Crippen molar-refractivity contribution in [2.75, 3.05) is 6.54 Å². The molecule has 19 heavy (non-hydrogen) atoms. The van der Waals surface area contributed by atoms with Crippen LogP contribution in [0.2, 0.25) is 0 Å². The van der Waals surface area contributed by atoms with Gasteiger partial charge in [-0.3, -0.25) is 0 Å². The monoisotopic (exact) mass is 259 g/mol. The van der Waals surface area contributed by atoms with Gasteiger partial charge in [-0.2, -0.15) is 0 Å². The van der Waals surface area contributed by atoms with Gasteiger partial charge >= 0.3 is 0 Å². The highest BCUT2D eigenvalue weighted by Crippen LogP contribution is 2.29. The van der Waals surface area contributed by atoms with Crippen molar-refractivity contribution in [3.8, 4) is 0 Å². The number of rotatable bonds is 6. The fraction of sp³-hybridized carbons (Fsp3) is 0.667. The lowest BCUT2D eigenvalue weighted by atomic mass is 9.83. The Bertz CT molecular complexity index is 336. The number of aryl methyl sites for hydroxylation is 1. The predicted molar refractivity (Wildman–Crippen MR) is 83.5 cm³/mol. The molecular formula is C18H29N. The molecule has 1 heteroatoms. The smallest absolute Gasteiger partial charge is 0.0181 e. The van der Waals surface area contributed by atoms with Crippen LogP contribution in [-0.2, 0) is 6.42 Å². The summed E-state index contributed by atoms with van der Waals surface area (Å²) >= 11 is 0. The summed E-state index contributed by atoms with van der Waals surface area (Å²) in [5.74, 6) is 0. The third-order valence-electron chi connectivity index (χ3n) is 4.52. The van der Waals surface area contributed by atoms with Crippen molar-refractivity contribution in [3.05, 3.63) is 35.9 Å². The zero-order valence-corrected chi connectivity index (χ0v) is 12.5. The Labute approximate surface area is 118 Å². The molecule has 0 aromatic heterocycles. The Kier molecular flexibility index (Phi) is 5.91. The standard InChI is InChI=1S/C18H29N/c1-2-13-18(14-7-4-8-16-19-18)15-9-12-17-10-5-3-6-11-17/h3,5-6,10-11,19H,2,4,7-9,12-16H2,1H3. The highest BCUT2D eigenvalue weighted by atomic mass is 15.0. The highest BCUT2D eigenvalue weighted by molar-refractivity contribution is 5.14. The number of hydrogen-bond acceptors (Lipinski definition) is 1. The van der Waals surface area contributed by atoms with Gasteiger partial charge in [-0.1, -0.05) is 56.5 Å². The molecule has 1 unspecified atom stereocenters. The summed E-state index contributed by atoms with van der Waals surface area (Å²) in [6.07, 6.45) is 12.1. The summed E-state index contributed by atoms with van der Waals surface area (Å²) in [6.45, 7) is 3.55. The largest absolute Gasteiger partial charge is 0.311 e. The predicted octanol–water partition coefficient (Wildman–Crippen LogP) is 4.71. The molecule has 1 aliphatic rings. The molecule has 1 nitrogen and oxygen atoms in total. The lowest BCUT2D eigenvalue weighted by molar-refractivity contribution is 0.264. The molecule has 0 spiro atoms. The topological polar surface area (TPSA) is 12.0 Å². The normalized spacial score (nSPS) is 24.1. The molecule has 0 saturated carbocycles. The minimum atomic E-state index is 0.444. The van der Waals surface area contributed by atoms with E-state index >= 15 is 0 Å². The van der Waals surface area contributed by atoms with E-state index in [0.29, 0.717) is 5.54 Å². The van der Waals surface area contributed by atoms with Crippen LogP contribution in [0.25, 0.3) is 0 Å². The van der Waals surface area contributed by atoms with E-state index in [1.165, 1.54) is 69.9 Å². The molecule has 2 rings (SSSR count). The van der Waals surface area contributed by atoms with Crippen molar-refractivity contribution in [3.63, 3.8) is 0 Å². The second-order valence-corrected chi connectivity index (χ2v) is 6.11. The molecule has 0 radical (unpaired) electrons. The molecule has 1 saturated heterocycles. The summed E-state index contributed by atoms with van der Waals surface area (Å²) in [5.41, 5.74) is 1.93. The van der Waals surface area contributed by atoms with Gasteiger partial charge in [0.15, 0.2) is 0 Å². The lowest BCUT2D eigenvalue weighted by Gasteiger charge is -2.34. The SMILES string of the molecule is CCCC1(CCCc2ccccc2)CCCCCN1. The van der Waals surface area contributed by atoms with Gasteiger partial charge in [-0.05, 0) is 50.6 Å². The van der Waals surface area contributed by atoms with Crippen molar-refractivity contribution >= 4 is 0 Å². The van der Waals surface area contributed by atoms with E-state index < -0.39 is 0 Å². The first-order valence-corrected chi connectivity index (χ1v) is 8.14. The van der Waals surface area contributed by atoms with E-state index in [1.807, 2.05) is 0 Å². The molecule has 1 aromatic rings. The Morgan fingerprint density at radius 1 is 1.05 bits per heavy atom. The molecule has 1 fully saturated rings. The minimum absolute atomic E-state index is 0.444. The third-order valence-corrected chi connectivity index (χ3v) is 4.52. The van der Waals surface area contributed by atoms with Crippen LogP contribution in [0.4, 0.5) is 0 Å². The first kappa shape index (κ1) is 14.6. The quantitative estimate of drug-likeness (QED) is 0.780. The third kappa shape index (κ3) is 4.65. The Morgan fingerprint density at radius 3 is 2.68 bits per heavy atom. The summed E-state index contributed by atoms with van der Waals surface area (Å²) in [4.78, 5) is 0. The average Bonchev–Trinajstić information content (AvgIpc) is 2.67. The van der Waals surface area contributed by atoms with Crippen molar-refractivity contribution in [1.29, 1.82) is 0 Å². The molecule has 1 aromatic carbocycles. The molecule has 1 N–H and O–H groups in total. The van der Waals surface area contributed by atoms with Crippen LogP contribution in [0, 0.1) is 0 Å². The second-order valence-electron chi connectivity index (χ2n) is 6.11. The number of nitrogens with one attached hydrogen (secondary N) is 1. The Balaban J connectivity index is 1.85. The van der Waals surface area contributed by atoms with Crippen LogP contribution in [0.3, 0.4) is 0 Å². The van der Waals surface area contributed by atoms with E-state index in [4.69, 9.17) is 0 Å². The van der Waals surface area contributed by atoms with Crippen LogP contribution in [0.5, 0.6) is 0 Å². The van der Waals surface area contributed by atoms with Gasteiger partial charge in [-0.25, -0.2) is 0 Å². The summed E-state index contributed by atoms with van der Waals surface area (Å²) < 4.78 is 0. The lowest BCUT2D eigenvalue weighted by Crippen LogP contribution is -2.44. The first-order chi connectivity index (χ1) is 9.35. The van der Waals surface area contributed by atoms with Gasteiger partial charge in [0.05, 0.1) is 0 Å². The summed E-state index contributed by atoms with van der Waals surface area (Å²) in [6, 6.07) is 10.9. The van der Waals surface area contributed by atoms with Crippen molar-refractivity contribution < 1.29 is 0 Å². The zero-order valence-electron chi connectivity index (χ0n) is 12.5. The highest BCUT2D eigenvalue weighted by Gasteiger charge is 2.28. The van der Waals surface area contributed by atoms with Crippen LogP contribution in [0.15, 0.2) is 30.3 Å². The molecular weight excluding hydrogens is 230 g/mol. The molecule has 0 aliphatic carbocycles. The Hall–Kier alpha value is -0.820. The average molecular weight is 259 g/mol. The minimum Gasteiger partial charge on any atom is -0.311 e. The molecule has 1 heterocycles. The van der Waals surface area contributed by atoms with Gasteiger partial charge in [0.25, 0.3) is 0 Å². The fourth-order valence-electron chi connectivity index (χ4n) is 3.51. The number of benzene rings is 1. The van der Waals surface area contributed by atoms with Gasteiger partial charge < -0.3 is 5.32 Å². The van der Waals surface area contributed by atoms with Crippen molar-refractivity contribution in [2.24, 2.45) is 0 Å². The van der Waals surface area contributed by atoms with E-state index in [0.717, 1.165) is 0 Å². The van der Waals surface area contributed by atoms with Gasteiger partial charge in [0.2, 0.25) is 0 Å². The molecule has 0 amide bonds. The molecule has 106 valence electrons. The maximum Gasteiger partial charge on any atom is 0.0181 e. The van der Waals surface area contributed by atoms with Crippen molar-refractivity contribution in [1.82, 2.24) is 5.32 Å². The fourth-order valence-corrected chi connectivity index (χ4v) is 3.51. The second kappa shape index (κ2) is 7.69. The van der Waals surface area contributed by atoms with Gasteiger partial charge in [0.1, 0.15) is 0 Å². The van der Waals surface area contributed by atoms with Gasteiger partial charge in [-0.15, -0.1) is 0 Å². The zero-order chi connectivity index (χ0) is 13.4. The maximum atomic E-state index is 3.88. The van der Waals surface area contributed by atoms with E-state index in [-0.39, 0.29) is 0 Å². The summed E-state index contributed by atoms with van der Waals surface area (Å²) in [7, 11) is 0. The van der Waals surface area contributed by atoms with Crippen LogP contribution in [0.1, 0.15) is 63.9 Å². The molecule has 1 aliphatic heterocycles. The van der Waals surface area contributed by atoms with E-state index in [2.05, 4.69) is 42.6 Å². The van der Waals surface area contributed by atoms with Crippen molar-refractivity contribution in [2.45, 2.75) is 70.3 Å². The van der Waals surface area contributed by atoms with Crippen LogP contribution in [-0.4, -0.2) is 12.1 Å². The van der Waals surface area contributed by atoms with Crippen LogP contribution < -0.4 is 5.32 Å². The Morgan fingerprint density at radius 2 is 1.89 bits per heavy atom. The maximum absolute atomic E-state index is 3.88. The van der Waals surface area contributed by atoms with E-state index in [1.54, 1.807) is 0 Å². The molecule has 1 atom stereocenters. The number of hydrogen-bond donors (Lipinski definition) is 1. The van der Waals surface area contributed by atoms with Crippen LogP contribution >= 0.6 is 0 Å². The van der Waals surface area contributed by atoms with Gasteiger partial charge in [0, 0.05) is 5.54 Å². The molecule has 0 bridgehead atoms. The van der Waals surface area contributed by atoms with E-state index in [9.17, 15) is 0 Å².